The molecule has 0 bridgehead atoms. The van der Waals surface area contributed by atoms with Gasteiger partial charge in [-0.3, -0.25) is 9.59 Å². The van der Waals surface area contributed by atoms with Crippen molar-refractivity contribution in [2.75, 3.05) is 26.2 Å². The minimum absolute atomic E-state index is 0. The van der Waals surface area contributed by atoms with E-state index in [-0.39, 0.29) is 42.9 Å². The summed E-state index contributed by atoms with van der Waals surface area (Å²) in [5.41, 5.74) is 0. The predicted molar refractivity (Wildman–Crippen MR) is 73.3 cm³/mol. The normalized spacial score (nSPS) is 20.3. The van der Waals surface area contributed by atoms with Gasteiger partial charge in [0.15, 0.2) is 0 Å². The molecule has 1 amide bonds. The Labute approximate surface area is 120 Å². The van der Waals surface area contributed by atoms with Gasteiger partial charge in [-0.1, -0.05) is 6.92 Å². The first kappa shape index (κ1) is 18.1. The summed E-state index contributed by atoms with van der Waals surface area (Å²) in [5.74, 6) is -0.840. The maximum absolute atomic E-state index is 11.7. The van der Waals surface area contributed by atoms with Crippen molar-refractivity contribution in [3.8, 4) is 0 Å². The number of ether oxygens (including phenoxy) is 2. The molecule has 2 unspecified atom stereocenters. The molecule has 1 aliphatic heterocycles. The van der Waals surface area contributed by atoms with Gasteiger partial charge in [0.05, 0.1) is 18.6 Å². The van der Waals surface area contributed by atoms with Crippen LogP contribution in [-0.2, 0) is 19.1 Å². The quantitative estimate of drug-likeness (QED) is 0.704. The molecule has 6 nitrogen and oxygen atoms in total. The number of carbonyl (C=O) groups excluding carboxylic acids is 2. The summed E-state index contributed by atoms with van der Waals surface area (Å²) in [6.45, 7) is 7.39. The van der Waals surface area contributed by atoms with Gasteiger partial charge in [0.1, 0.15) is 6.10 Å². The van der Waals surface area contributed by atoms with E-state index >= 15 is 0 Å². The third-order valence-corrected chi connectivity index (χ3v) is 2.56. The maximum atomic E-state index is 11.7. The van der Waals surface area contributed by atoms with Gasteiger partial charge < -0.3 is 20.1 Å². The molecule has 0 aliphatic carbocycles. The average molecular weight is 295 g/mol. The van der Waals surface area contributed by atoms with Gasteiger partial charge in [0.2, 0.25) is 5.91 Å². The van der Waals surface area contributed by atoms with Gasteiger partial charge in [-0.25, -0.2) is 0 Å². The first-order chi connectivity index (χ1) is 8.50. The van der Waals surface area contributed by atoms with E-state index in [0.717, 1.165) is 6.54 Å². The fraction of sp³-hybridized carbons (Fsp3) is 0.833. The molecule has 2 N–H and O–H groups in total. The number of carbonyl (C=O) groups is 2. The highest BCUT2D eigenvalue weighted by atomic mass is 35.5. The van der Waals surface area contributed by atoms with Crippen molar-refractivity contribution >= 4 is 24.3 Å². The Bertz CT molecular complexity index is 293. The molecule has 1 fully saturated rings. The highest BCUT2D eigenvalue weighted by Gasteiger charge is 2.23. The Balaban J connectivity index is 0.00000324. The molecule has 1 saturated heterocycles. The Morgan fingerprint density at radius 2 is 2.11 bits per heavy atom. The predicted octanol–water partition coefficient (Wildman–Crippen LogP) is 0.101. The van der Waals surface area contributed by atoms with Crippen molar-refractivity contribution in [2.45, 2.75) is 33.0 Å². The van der Waals surface area contributed by atoms with Crippen LogP contribution in [0.3, 0.4) is 0 Å². The Morgan fingerprint density at radius 3 is 2.63 bits per heavy atom. The van der Waals surface area contributed by atoms with Gasteiger partial charge in [-0.15, -0.1) is 12.4 Å². The van der Waals surface area contributed by atoms with E-state index in [1.54, 1.807) is 20.8 Å². The summed E-state index contributed by atoms with van der Waals surface area (Å²) in [4.78, 5) is 23.2. The summed E-state index contributed by atoms with van der Waals surface area (Å²) < 4.78 is 10.4. The topological polar surface area (TPSA) is 76.7 Å². The minimum atomic E-state index is -0.466. The fourth-order valence-electron chi connectivity index (χ4n) is 1.53. The number of nitrogens with one attached hydrogen (secondary N) is 2. The lowest BCUT2D eigenvalue weighted by Gasteiger charge is -2.23. The molecule has 0 saturated carbocycles. The van der Waals surface area contributed by atoms with E-state index in [1.165, 1.54) is 0 Å². The molecule has 1 rings (SSSR count). The molecular formula is C12H23ClN2O4. The van der Waals surface area contributed by atoms with E-state index < -0.39 is 6.10 Å². The average Bonchev–Trinajstić information content (AvgIpc) is 2.35. The molecule has 7 heteroatoms. The SMILES string of the molecule is CC(C)OC(=O)C(C)CNC(=O)C1CNCCO1.Cl. The molecule has 1 heterocycles. The monoisotopic (exact) mass is 294 g/mol. The van der Waals surface area contributed by atoms with E-state index in [9.17, 15) is 9.59 Å². The summed E-state index contributed by atoms with van der Waals surface area (Å²) >= 11 is 0. The number of esters is 1. The van der Waals surface area contributed by atoms with Gasteiger partial charge in [0.25, 0.3) is 0 Å². The van der Waals surface area contributed by atoms with Gasteiger partial charge in [-0.05, 0) is 13.8 Å². The van der Waals surface area contributed by atoms with E-state index in [4.69, 9.17) is 9.47 Å². The van der Waals surface area contributed by atoms with Crippen LogP contribution < -0.4 is 10.6 Å². The second kappa shape index (κ2) is 9.12. The van der Waals surface area contributed by atoms with Crippen LogP contribution in [-0.4, -0.2) is 50.3 Å². The number of amides is 1. The van der Waals surface area contributed by atoms with Crippen LogP contribution in [0.2, 0.25) is 0 Å². The summed E-state index contributed by atoms with van der Waals surface area (Å²) in [6, 6.07) is 0. The van der Waals surface area contributed by atoms with Crippen molar-refractivity contribution in [1.29, 1.82) is 0 Å². The van der Waals surface area contributed by atoms with Crippen LogP contribution in [0.15, 0.2) is 0 Å². The summed E-state index contributed by atoms with van der Waals surface area (Å²) in [7, 11) is 0. The van der Waals surface area contributed by atoms with Crippen LogP contribution in [0.5, 0.6) is 0 Å². The second-order valence-electron chi connectivity index (χ2n) is 4.70. The van der Waals surface area contributed by atoms with E-state index in [0.29, 0.717) is 13.2 Å². The van der Waals surface area contributed by atoms with Crippen molar-refractivity contribution in [1.82, 2.24) is 10.6 Å². The Morgan fingerprint density at radius 1 is 1.42 bits per heavy atom. The first-order valence-electron chi connectivity index (χ1n) is 6.31. The molecule has 1 aliphatic rings. The number of halogens is 1. The van der Waals surface area contributed by atoms with Gasteiger partial charge >= 0.3 is 5.97 Å². The molecule has 0 aromatic rings. The summed E-state index contributed by atoms with van der Waals surface area (Å²) in [6.07, 6.45) is -0.603. The van der Waals surface area contributed by atoms with Crippen LogP contribution >= 0.6 is 12.4 Å². The van der Waals surface area contributed by atoms with Gasteiger partial charge in [0, 0.05) is 19.6 Å². The molecule has 2 atom stereocenters. The number of hydrogen-bond donors (Lipinski definition) is 2. The highest BCUT2D eigenvalue weighted by molar-refractivity contribution is 5.85. The molecule has 0 aromatic heterocycles. The second-order valence-corrected chi connectivity index (χ2v) is 4.70. The third-order valence-electron chi connectivity index (χ3n) is 2.56. The summed E-state index contributed by atoms with van der Waals surface area (Å²) in [5, 5.41) is 5.78. The standard InChI is InChI=1S/C12H22N2O4.ClH/c1-8(2)18-12(16)9(3)6-14-11(15)10-7-13-4-5-17-10;/h8-10,13H,4-7H2,1-3H3,(H,14,15);1H. The maximum Gasteiger partial charge on any atom is 0.310 e. The van der Waals surface area contributed by atoms with Crippen LogP contribution in [0.25, 0.3) is 0 Å². The molecule has 0 aromatic carbocycles. The van der Waals surface area contributed by atoms with Crippen molar-refractivity contribution in [3.63, 3.8) is 0 Å². The van der Waals surface area contributed by atoms with Crippen molar-refractivity contribution < 1.29 is 19.1 Å². The van der Waals surface area contributed by atoms with E-state index in [1.807, 2.05) is 0 Å². The van der Waals surface area contributed by atoms with Crippen LogP contribution in [0.4, 0.5) is 0 Å². The Hall–Kier alpha value is -0.850. The lowest BCUT2D eigenvalue weighted by molar-refractivity contribution is -0.151. The molecule has 0 spiro atoms. The lowest BCUT2D eigenvalue weighted by atomic mass is 10.2. The fourth-order valence-corrected chi connectivity index (χ4v) is 1.53. The number of morpholine rings is 1. The number of rotatable bonds is 5. The zero-order chi connectivity index (χ0) is 13.5. The van der Waals surface area contributed by atoms with Crippen molar-refractivity contribution in [2.24, 2.45) is 5.92 Å². The number of hydrogen-bond acceptors (Lipinski definition) is 5. The smallest absolute Gasteiger partial charge is 0.310 e. The molecular weight excluding hydrogens is 272 g/mol. The molecule has 0 radical (unpaired) electrons. The van der Waals surface area contributed by atoms with Crippen molar-refractivity contribution in [3.05, 3.63) is 0 Å². The Kier molecular flexibility index (Phi) is 8.71. The molecule has 19 heavy (non-hydrogen) atoms. The minimum Gasteiger partial charge on any atom is -0.463 e. The molecule has 112 valence electrons. The van der Waals surface area contributed by atoms with Gasteiger partial charge in [-0.2, -0.15) is 0 Å². The van der Waals surface area contributed by atoms with Crippen LogP contribution in [0.1, 0.15) is 20.8 Å². The zero-order valence-electron chi connectivity index (χ0n) is 11.6. The zero-order valence-corrected chi connectivity index (χ0v) is 12.4. The lowest BCUT2D eigenvalue weighted by Crippen LogP contribution is -2.49. The first-order valence-corrected chi connectivity index (χ1v) is 6.31. The highest BCUT2D eigenvalue weighted by Crippen LogP contribution is 2.01. The van der Waals surface area contributed by atoms with Crippen LogP contribution in [0, 0.1) is 5.92 Å². The largest absolute Gasteiger partial charge is 0.463 e. The van der Waals surface area contributed by atoms with E-state index in [2.05, 4.69) is 10.6 Å². The third kappa shape index (κ3) is 6.75.